The number of nitrogens with two attached hydrogens (primary N) is 1. The molecule has 1 fully saturated rings. The van der Waals surface area contributed by atoms with Crippen LogP contribution in [0.5, 0.6) is 0 Å². The summed E-state index contributed by atoms with van der Waals surface area (Å²) in [6.07, 6.45) is 5.44. The van der Waals surface area contributed by atoms with E-state index in [1.807, 2.05) is 0 Å². The Labute approximate surface area is 118 Å². The number of ether oxygens (including phenoxy) is 1. The van der Waals surface area contributed by atoms with Crippen LogP contribution in [0, 0.1) is 5.92 Å². The van der Waals surface area contributed by atoms with Gasteiger partial charge >= 0.3 is 0 Å². The van der Waals surface area contributed by atoms with Crippen LogP contribution in [0.1, 0.15) is 36.1 Å². The molecule has 0 saturated heterocycles. The zero-order chi connectivity index (χ0) is 13.1. The molecule has 102 valence electrons. The molecule has 0 radical (unpaired) electrons. The first-order valence-corrected chi connectivity index (χ1v) is 7.97. The minimum atomic E-state index is 0.612. The van der Waals surface area contributed by atoms with Gasteiger partial charge in [-0.1, -0.05) is 37.5 Å². The van der Waals surface area contributed by atoms with Crippen molar-refractivity contribution in [3.63, 3.8) is 0 Å². The maximum atomic E-state index is 5.89. The fourth-order valence-electron chi connectivity index (χ4n) is 2.68. The van der Waals surface area contributed by atoms with Crippen molar-refractivity contribution < 1.29 is 4.74 Å². The third-order valence-electron chi connectivity index (χ3n) is 4.11. The maximum Gasteiger partial charge on any atom is 0.0734 e. The topological polar surface area (TPSA) is 35.2 Å². The molecule has 1 heterocycles. The second-order valence-corrected chi connectivity index (χ2v) is 6.48. The third-order valence-corrected chi connectivity index (χ3v) is 5.34. The van der Waals surface area contributed by atoms with Crippen LogP contribution in [0.2, 0.25) is 0 Å². The lowest BCUT2D eigenvalue weighted by Gasteiger charge is -2.24. The molecule has 0 amide bonds. The lowest BCUT2D eigenvalue weighted by Crippen LogP contribution is -2.13. The van der Waals surface area contributed by atoms with Crippen molar-refractivity contribution >= 4 is 21.4 Å². The molecule has 3 heteroatoms. The Morgan fingerprint density at radius 1 is 1.26 bits per heavy atom. The lowest BCUT2D eigenvalue weighted by atomic mass is 9.83. The van der Waals surface area contributed by atoms with Gasteiger partial charge in [0.1, 0.15) is 0 Å². The molecular formula is C16H21NOS. The van der Waals surface area contributed by atoms with Crippen LogP contribution < -0.4 is 5.73 Å². The number of rotatable bonds is 6. The molecule has 19 heavy (non-hydrogen) atoms. The highest BCUT2D eigenvalue weighted by atomic mass is 32.1. The SMILES string of the molecule is NCc1sc2ccccc2c1COCCC1CCC1. The van der Waals surface area contributed by atoms with E-state index in [2.05, 4.69) is 24.3 Å². The van der Waals surface area contributed by atoms with Gasteiger partial charge < -0.3 is 10.5 Å². The highest BCUT2D eigenvalue weighted by molar-refractivity contribution is 7.19. The third kappa shape index (κ3) is 2.83. The van der Waals surface area contributed by atoms with E-state index < -0.39 is 0 Å². The molecule has 3 rings (SSSR count). The molecule has 0 unspecified atom stereocenters. The monoisotopic (exact) mass is 275 g/mol. The molecule has 1 aromatic carbocycles. The molecule has 0 spiro atoms. The minimum absolute atomic E-state index is 0.612. The van der Waals surface area contributed by atoms with Gasteiger partial charge in [-0.15, -0.1) is 11.3 Å². The number of fused-ring (bicyclic) bond motifs is 1. The number of thiophene rings is 1. The van der Waals surface area contributed by atoms with Crippen molar-refractivity contribution in [1.82, 2.24) is 0 Å². The van der Waals surface area contributed by atoms with Crippen molar-refractivity contribution in [3.05, 3.63) is 34.7 Å². The number of benzene rings is 1. The number of hydrogen-bond acceptors (Lipinski definition) is 3. The Balaban J connectivity index is 1.65. The quantitative estimate of drug-likeness (QED) is 0.807. The van der Waals surface area contributed by atoms with E-state index in [-0.39, 0.29) is 0 Å². The molecule has 2 N–H and O–H groups in total. The second-order valence-electron chi connectivity index (χ2n) is 5.34. The number of hydrogen-bond donors (Lipinski definition) is 1. The molecule has 0 aliphatic heterocycles. The highest BCUT2D eigenvalue weighted by Gasteiger charge is 2.17. The van der Waals surface area contributed by atoms with Crippen molar-refractivity contribution in [1.29, 1.82) is 0 Å². The van der Waals surface area contributed by atoms with E-state index in [0.717, 1.165) is 12.5 Å². The van der Waals surface area contributed by atoms with E-state index in [0.29, 0.717) is 13.2 Å². The van der Waals surface area contributed by atoms with Gasteiger partial charge in [0.25, 0.3) is 0 Å². The summed E-state index contributed by atoms with van der Waals surface area (Å²) < 4.78 is 7.21. The van der Waals surface area contributed by atoms with E-state index in [1.165, 1.54) is 46.2 Å². The van der Waals surface area contributed by atoms with E-state index in [4.69, 9.17) is 10.5 Å². The Bertz CT molecular complexity index is 545. The summed E-state index contributed by atoms with van der Waals surface area (Å²) in [5.41, 5.74) is 7.15. The molecule has 1 saturated carbocycles. The molecule has 1 aliphatic carbocycles. The van der Waals surface area contributed by atoms with E-state index in [1.54, 1.807) is 11.3 Å². The van der Waals surface area contributed by atoms with Gasteiger partial charge in [0.2, 0.25) is 0 Å². The van der Waals surface area contributed by atoms with Crippen LogP contribution >= 0.6 is 11.3 Å². The van der Waals surface area contributed by atoms with Crippen LogP contribution in [0.3, 0.4) is 0 Å². The van der Waals surface area contributed by atoms with Crippen molar-refractivity contribution in [2.75, 3.05) is 6.61 Å². The van der Waals surface area contributed by atoms with Gasteiger partial charge in [-0.05, 0) is 23.8 Å². The van der Waals surface area contributed by atoms with E-state index in [9.17, 15) is 0 Å². The molecule has 0 atom stereocenters. The summed E-state index contributed by atoms with van der Waals surface area (Å²) >= 11 is 1.80. The average molecular weight is 275 g/mol. The zero-order valence-electron chi connectivity index (χ0n) is 11.2. The van der Waals surface area contributed by atoms with Gasteiger partial charge in [-0.25, -0.2) is 0 Å². The minimum Gasteiger partial charge on any atom is -0.377 e. The van der Waals surface area contributed by atoms with Crippen LogP contribution in [0.25, 0.3) is 10.1 Å². The smallest absolute Gasteiger partial charge is 0.0734 e. The molecule has 2 aromatic rings. The summed E-state index contributed by atoms with van der Waals surface area (Å²) in [5.74, 6) is 0.924. The summed E-state index contributed by atoms with van der Waals surface area (Å²) in [4.78, 5) is 1.27. The van der Waals surface area contributed by atoms with Crippen LogP contribution in [-0.2, 0) is 17.9 Å². The van der Waals surface area contributed by atoms with Crippen LogP contribution in [0.4, 0.5) is 0 Å². The first-order valence-electron chi connectivity index (χ1n) is 7.15. The Morgan fingerprint density at radius 2 is 2.11 bits per heavy atom. The Kier molecular flexibility index (Phi) is 4.16. The van der Waals surface area contributed by atoms with E-state index >= 15 is 0 Å². The molecule has 2 nitrogen and oxygen atoms in total. The zero-order valence-corrected chi connectivity index (χ0v) is 12.0. The fraction of sp³-hybridized carbons (Fsp3) is 0.500. The van der Waals surface area contributed by atoms with Gasteiger partial charge in [-0.3, -0.25) is 0 Å². The highest BCUT2D eigenvalue weighted by Crippen LogP contribution is 2.32. The van der Waals surface area contributed by atoms with Gasteiger partial charge in [0.05, 0.1) is 6.61 Å². The summed E-state index contributed by atoms with van der Waals surface area (Å²) in [5, 5.41) is 1.32. The van der Waals surface area contributed by atoms with Gasteiger partial charge in [0.15, 0.2) is 0 Å². The summed E-state index contributed by atoms with van der Waals surface area (Å²) in [6.45, 7) is 2.21. The van der Waals surface area contributed by atoms with Gasteiger partial charge in [0, 0.05) is 28.3 Å². The van der Waals surface area contributed by atoms with Crippen molar-refractivity contribution in [2.45, 2.75) is 38.8 Å². The molecular weight excluding hydrogens is 254 g/mol. The predicted molar refractivity (Wildman–Crippen MR) is 81.3 cm³/mol. The normalized spacial score (nSPS) is 15.8. The standard InChI is InChI=1S/C16H21NOS/c17-10-16-14(11-18-9-8-12-4-3-5-12)13-6-1-2-7-15(13)19-16/h1-2,6-7,12H,3-5,8-11,17H2. The summed E-state index contributed by atoms with van der Waals surface area (Å²) in [6, 6.07) is 8.51. The lowest BCUT2D eigenvalue weighted by molar-refractivity contribution is 0.0954. The van der Waals surface area contributed by atoms with Crippen molar-refractivity contribution in [3.8, 4) is 0 Å². The predicted octanol–water partition coefficient (Wildman–Crippen LogP) is 4.07. The Hall–Kier alpha value is -0.900. The Morgan fingerprint density at radius 3 is 2.84 bits per heavy atom. The van der Waals surface area contributed by atoms with Crippen molar-refractivity contribution in [2.24, 2.45) is 11.7 Å². The van der Waals surface area contributed by atoms with Gasteiger partial charge in [-0.2, -0.15) is 0 Å². The maximum absolute atomic E-state index is 5.89. The largest absolute Gasteiger partial charge is 0.377 e. The molecule has 0 bridgehead atoms. The first kappa shape index (κ1) is 13.1. The van der Waals surface area contributed by atoms with Crippen LogP contribution in [0.15, 0.2) is 24.3 Å². The first-order chi connectivity index (χ1) is 9.38. The molecule has 1 aromatic heterocycles. The second kappa shape index (κ2) is 6.04. The molecule has 1 aliphatic rings. The average Bonchev–Trinajstić information content (AvgIpc) is 2.74. The fourth-order valence-corrected chi connectivity index (χ4v) is 3.77. The van der Waals surface area contributed by atoms with Crippen LogP contribution in [-0.4, -0.2) is 6.61 Å². The summed E-state index contributed by atoms with van der Waals surface area (Å²) in [7, 11) is 0.